The summed E-state index contributed by atoms with van der Waals surface area (Å²) in [5, 5.41) is 4.17. The van der Waals surface area contributed by atoms with Gasteiger partial charge < -0.3 is 5.32 Å². The normalized spacial score (nSPS) is 11.0. The maximum absolute atomic E-state index is 6.19. The fourth-order valence-corrected chi connectivity index (χ4v) is 3.18. The molecule has 25 heavy (non-hydrogen) atoms. The lowest BCUT2D eigenvalue weighted by molar-refractivity contribution is 1.02. The van der Waals surface area contributed by atoms with Crippen LogP contribution in [0.2, 0.25) is 5.02 Å². The predicted molar refractivity (Wildman–Crippen MR) is 103 cm³/mol. The second-order valence-electron chi connectivity index (χ2n) is 5.98. The van der Waals surface area contributed by atoms with E-state index in [2.05, 4.69) is 17.2 Å². The SMILES string of the molecule is Cc1cc(C)n2c(Nc3ccccc3)c(-c3cccc(Cl)c3)nc2n1. The van der Waals surface area contributed by atoms with Crippen LogP contribution < -0.4 is 5.32 Å². The van der Waals surface area contributed by atoms with Gasteiger partial charge in [0, 0.05) is 27.7 Å². The fraction of sp³-hybridized carbons (Fsp3) is 0.100. The molecule has 0 saturated heterocycles. The predicted octanol–water partition coefficient (Wildman–Crippen LogP) is 5.41. The highest BCUT2D eigenvalue weighted by molar-refractivity contribution is 6.30. The molecule has 0 unspecified atom stereocenters. The van der Waals surface area contributed by atoms with Gasteiger partial charge in [-0.25, -0.2) is 9.97 Å². The van der Waals surface area contributed by atoms with Crippen molar-refractivity contribution in [2.75, 3.05) is 5.32 Å². The molecule has 0 atom stereocenters. The summed E-state index contributed by atoms with van der Waals surface area (Å²) in [4.78, 5) is 9.36. The summed E-state index contributed by atoms with van der Waals surface area (Å²) in [5.74, 6) is 1.55. The summed E-state index contributed by atoms with van der Waals surface area (Å²) in [5.41, 5.74) is 4.79. The smallest absolute Gasteiger partial charge is 0.236 e. The molecule has 4 nitrogen and oxygen atoms in total. The molecule has 0 amide bonds. The van der Waals surface area contributed by atoms with E-state index in [1.807, 2.05) is 72.0 Å². The number of para-hydroxylation sites is 1. The van der Waals surface area contributed by atoms with Crippen LogP contribution in [0.1, 0.15) is 11.4 Å². The van der Waals surface area contributed by atoms with Crippen molar-refractivity contribution >= 4 is 28.9 Å². The lowest BCUT2D eigenvalue weighted by Crippen LogP contribution is -2.01. The highest BCUT2D eigenvalue weighted by Gasteiger charge is 2.17. The van der Waals surface area contributed by atoms with E-state index >= 15 is 0 Å². The van der Waals surface area contributed by atoms with Crippen molar-refractivity contribution in [3.63, 3.8) is 0 Å². The van der Waals surface area contributed by atoms with Gasteiger partial charge in [0.15, 0.2) is 0 Å². The zero-order valence-corrected chi connectivity index (χ0v) is 14.7. The summed E-state index contributed by atoms with van der Waals surface area (Å²) in [6.07, 6.45) is 0. The number of hydrogen-bond donors (Lipinski definition) is 1. The first-order chi connectivity index (χ1) is 12.1. The first kappa shape index (κ1) is 15.7. The van der Waals surface area contributed by atoms with Crippen molar-refractivity contribution in [1.82, 2.24) is 14.4 Å². The van der Waals surface area contributed by atoms with E-state index in [4.69, 9.17) is 16.6 Å². The van der Waals surface area contributed by atoms with Crippen molar-refractivity contribution in [2.45, 2.75) is 13.8 Å². The molecular weight excluding hydrogens is 332 g/mol. The van der Waals surface area contributed by atoms with Crippen molar-refractivity contribution < 1.29 is 0 Å². The largest absolute Gasteiger partial charge is 0.339 e. The van der Waals surface area contributed by atoms with Gasteiger partial charge in [-0.3, -0.25) is 4.40 Å². The standard InChI is InChI=1S/C20H17ClN4/c1-13-11-14(2)25-19(23-17-9-4-3-5-10-17)18(24-20(25)22-13)15-7-6-8-16(21)12-15/h3-12,23H,1-2H3. The Morgan fingerprint density at radius 3 is 2.48 bits per heavy atom. The fourth-order valence-electron chi connectivity index (χ4n) is 2.99. The maximum Gasteiger partial charge on any atom is 0.236 e. The van der Waals surface area contributed by atoms with E-state index in [1.165, 1.54) is 0 Å². The Labute approximate surface area is 151 Å². The number of imidazole rings is 1. The highest BCUT2D eigenvalue weighted by atomic mass is 35.5. The molecule has 0 aliphatic rings. The lowest BCUT2D eigenvalue weighted by Gasteiger charge is -2.11. The molecule has 0 saturated carbocycles. The molecule has 0 spiro atoms. The summed E-state index contributed by atoms with van der Waals surface area (Å²) in [6.45, 7) is 4.03. The van der Waals surface area contributed by atoms with Crippen LogP contribution in [-0.2, 0) is 0 Å². The monoisotopic (exact) mass is 348 g/mol. The van der Waals surface area contributed by atoms with Crippen LogP contribution in [0.3, 0.4) is 0 Å². The second-order valence-corrected chi connectivity index (χ2v) is 6.42. The third-order valence-electron chi connectivity index (χ3n) is 4.04. The van der Waals surface area contributed by atoms with E-state index in [-0.39, 0.29) is 0 Å². The summed E-state index contributed by atoms with van der Waals surface area (Å²) in [6, 6.07) is 19.8. The third-order valence-corrected chi connectivity index (χ3v) is 4.28. The minimum absolute atomic E-state index is 0.672. The number of halogens is 1. The molecule has 0 aliphatic carbocycles. The van der Waals surface area contributed by atoms with Crippen LogP contribution in [0.25, 0.3) is 17.0 Å². The van der Waals surface area contributed by atoms with Crippen LogP contribution in [0.15, 0.2) is 60.7 Å². The molecule has 124 valence electrons. The van der Waals surface area contributed by atoms with E-state index in [1.54, 1.807) is 0 Å². The van der Waals surface area contributed by atoms with E-state index in [0.717, 1.165) is 34.2 Å². The van der Waals surface area contributed by atoms with Gasteiger partial charge >= 0.3 is 0 Å². The molecule has 0 aliphatic heterocycles. The summed E-state index contributed by atoms with van der Waals surface area (Å²) >= 11 is 6.19. The van der Waals surface area contributed by atoms with E-state index < -0.39 is 0 Å². The Kier molecular flexibility index (Phi) is 3.90. The molecular formula is C20H17ClN4. The highest BCUT2D eigenvalue weighted by Crippen LogP contribution is 2.32. The van der Waals surface area contributed by atoms with Crippen LogP contribution in [0, 0.1) is 13.8 Å². The number of benzene rings is 2. The van der Waals surface area contributed by atoms with Gasteiger partial charge in [0.25, 0.3) is 0 Å². The van der Waals surface area contributed by atoms with Gasteiger partial charge in [-0.05, 0) is 44.2 Å². The minimum Gasteiger partial charge on any atom is -0.339 e. The maximum atomic E-state index is 6.19. The lowest BCUT2D eigenvalue weighted by atomic mass is 10.1. The van der Waals surface area contributed by atoms with Gasteiger partial charge in [-0.15, -0.1) is 0 Å². The molecule has 0 bridgehead atoms. The first-order valence-electron chi connectivity index (χ1n) is 8.06. The van der Waals surface area contributed by atoms with Crippen LogP contribution >= 0.6 is 11.6 Å². The zero-order chi connectivity index (χ0) is 17.4. The third kappa shape index (κ3) is 2.96. The zero-order valence-electron chi connectivity index (χ0n) is 14.0. The second kappa shape index (κ2) is 6.22. The number of nitrogens with zero attached hydrogens (tertiary/aromatic N) is 3. The average molecular weight is 349 g/mol. The number of rotatable bonds is 3. The molecule has 0 fully saturated rings. The topological polar surface area (TPSA) is 42.2 Å². The van der Waals surface area contributed by atoms with Crippen LogP contribution in [0.4, 0.5) is 11.5 Å². The van der Waals surface area contributed by atoms with Gasteiger partial charge in [0.05, 0.1) is 0 Å². The molecule has 5 heteroatoms. The Morgan fingerprint density at radius 1 is 0.920 bits per heavy atom. The van der Waals surface area contributed by atoms with Gasteiger partial charge in [0.1, 0.15) is 11.5 Å². The number of aryl methyl sites for hydroxylation is 2. The van der Waals surface area contributed by atoms with Crippen molar-refractivity contribution in [1.29, 1.82) is 0 Å². The van der Waals surface area contributed by atoms with Gasteiger partial charge in [-0.2, -0.15) is 0 Å². The van der Waals surface area contributed by atoms with Crippen molar-refractivity contribution in [3.8, 4) is 11.3 Å². The van der Waals surface area contributed by atoms with Gasteiger partial charge in [-0.1, -0.05) is 41.9 Å². The van der Waals surface area contributed by atoms with Gasteiger partial charge in [0.2, 0.25) is 5.78 Å². The Hall–Kier alpha value is -2.85. The quantitative estimate of drug-likeness (QED) is 0.538. The van der Waals surface area contributed by atoms with Crippen molar-refractivity contribution in [2.24, 2.45) is 0 Å². The minimum atomic E-state index is 0.672. The summed E-state index contributed by atoms with van der Waals surface area (Å²) in [7, 11) is 0. The van der Waals surface area contributed by atoms with Crippen LogP contribution in [-0.4, -0.2) is 14.4 Å². The van der Waals surface area contributed by atoms with Crippen LogP contribution in [0.5, 0.6) is 0 Å². The Balaban J connectivity index is 1.98. The molecule has 4 aromatic rings. The first-order valence-corrected chi connectivity index (χ1v) is 8.44. The Bertz CT molecular complexity index is 1050. The van der Waals surface area contributed by atoms with E-state index in [9.17, 15) is 0 Å². The Morgan fingerprint density at radius 2 is 1.72 bits per heavy atom. The van der Waals surface area contributed by atoms with E-state index in [0.29, 0.717) is 10.8 Å². The number of hydrogen-bond acceptors (Lipinski definition) is 3. The molecule has 2 aromatic carbocycles. The number of fused-ring (bicyclic) bond motifs is 1. The summed E-state index contributed by atoms with van der Waals surface area (Å²) < 4.78 is 2.04. The molecule has 2 heterocycles. The number of nitrogens with one attached hydrogen (secondary N) is 1. The molecule has 4 rings (SSSR count). The molecule has 2 aromatic heterocycles. The average Bonchev–Trinajstić information content (AvgIpc) is 2.94. The molecule has 1 N–H and O–H groups in total. The molecule has 0 radical (unpaired) electrons. The van der Waals surface area contributed by atoms with Crippen molar-refractivity contribution in [3.05, 3.63) is 77.1 Å². The number of aromatic nitrogens is 3. The number of anilines is 2.